The van der Waals surface area contributed by atoms with Gasteiger partial charge >= 0.3 is 5.69 Å². The molecule has 0 aliphatic carbocycles. The maximum atomic E-state index is 13.0. The number of likely N-dealkylation sites (N-methyl/N-ethyl adjacent to an activating group) is 1. The van der Waals surface area contributed by atoms with Gasteiger partial charge in [-0.3, -0.25) is 19.4 Å². The summed E-state index contributed by atoms with van der Waals surface area (Å²) in [7, 11) is 2.10. The molecule has 0 radical (unpaired) electrons. The van der Waals surface area contributed by atoms with E-state index in [0.29, 0.717) is 5.56 Å². The van der Waals surface area contributed by atoms with Crippen LogP contribution >= 0.6 is 0 Å². The van der Waals surface area contributed by atoms with E-state index in [0.717, 1.165) is 30.7 Å². The van der Waals surface area contributed by atoms with Crippen molar-refractivity contribution in [1.82, 2.24) is 14.6 Å². The largest absolute Gasteiger partial charge is 0.494 e. The fourth-order valence-electron chi connectivity index (χ4n) is 2.74. The van der Waals surface area contributed by atoms with E-state index in [4.69, 9.17) is 0 Å². The Hall–Kier alpha value is -2.94. The molecule has 1 aliphatic rings. The van der Waals surface area contributed by atoms with Crippen molar-refractivity contribution in [3.05, 3.63) is 62.0 Å². The maximum Gasteiger partial charge on any atom is 0.331 e. The molecule has 1 saturated heterocycles. The van der Waals surface area contributed by atoms with Crippen LogP contribution in [0.15, 0.2) is 39.0 Å². The number of quaternary nitrogens is 1. The molecule has 0 amide bonds. The summed E-state index contributed by atoms with van der Waals surface area (Å²) >= 11 is 0. The second-order valence-electron chi connectivity index (χ2n) is 6.36. The Bertz CT molecular complexity index is 911. The van der Waals surface area contributed by atoms with Crippen LogP contribution in [-0.4, -0.2) is 59.1 Å². The van der Waals surface area contributed by atoms with Gasteiger partial charge in [0, 0.05) is 0 Å². The van der Waals surface area contributed by atoms with Crippen LogP contribution in [0.3, 0.4) is 0 Å². The highest BCUT2D eigenvalue weighted by atomic mass is 19.1. The molecule has 8 nitrogen and oxygen atoms in total. The molecule has 1 fully saturated rings. The van der Waals surface area contributed by atoms with Gasteiger partial charge in [0.05, 0.1) is 46.0 Å². The highest BCUT2D eigenvalue weighted by Crippen LogP contribution is 2.12. The number of aromatic amines is 1. The predicted molar refractivity (Wildman–Crippen MR) is 94.3 cm³/mol. The van der Waals surface area contributed by atoms with Gasteiger partial charge in [-0.1, -0.05) is 12.1 Å². The van der Waals surface area contributed by atoms with Crippen LogP contribution < -0.4 is 16.1 Å². The van der Waals surface area contributed by atoms with Gasteiger partial charge < -0.3 is 10.0 Å². The first-order chi connectivity index (χ1) is 12.4. The average molecular weight is 362 g/mol. The number of hydrazone groups is 1. The standard InChI is InChI=1S/C17H20FN5O3/c1-21-6-8-22(9-7-21)19-10-14-15(24)20-17(26)23(16(14)25)11-12-2-4-13(18)5-3-12/h2-5,10,25H,6-9,11H2,1H3,(H,20,24,26)/p+1/b19-10+. The Balaban J connectivity index is 1.87. The molecule has 1 aliphatic heterocycles. The molecular weight excluding hydrogens is 341 g/mol. The number of hydrogen-bond acceptors (Lipinski definition) is 5. The van der Waals surface area contributed by atoms with E-state index in [1.807, 2.05) is 5.01 Å². The normalized spacial score (nSPS) is 15.7. The zero-order valence-corrected chi connectivity index (χ0v) is 14.4. The summed E-state index contributed by atoms with van der Waals surface area (Å²) in [5, 5.41) is 16.5. The van der Waals surface area contributed by atoms with Crippen LogP contribution in [0.4, 0.5) is 4.39 Å². The first-order valence-electron chi connectivity index (χ1n) is 8.35. The van der Waals surface area contributed by atoms with Crippen LogP contribution in [-0.2, 0) is 6.54 Å². The zero-order chi connectivity index (χ0) is 18.7. The van der Waals surface area contributed by atoms with Gasteiger partial charge in [-0.2, -0.15) is 5.10 Å². The number of aromatic hydroxyl groups is 1. The van der Waals surface area contributed by atoms with E-state index in [-0.39, 0.29) is 12.1 Å². The van der Waals surface area contributed by atoms with Crippen molar-refractivity contribution >= 4 is 6.21 Å². The number of aromatic nitrogens is 2. The summed E-state index contributed by atoms with van der Waals surface area (Å²) in [6, 6.07) is 5.54. The Morgan fingerprint density at radius 2 is 1.92 bits per heavy atom. The van der Waals surface area contributed by atoms with Crippen molar-refractivity contribution in [2.75, 3.05) is 33.2 Å². The van der Waals surface area contributed by atoms with Gasteiger partial charge in [0.15, 0.2) is 0 Å². The Kier molecular flexibility index (Phi) is 5.17. The van der Waals surface area contributed by atoms with Crippen molar-refractivity contribution in [2.24, 2.45) is 5.10 Å². The molecule has 2 aromatic rings. The van der Waals surface area contributed by atoms with Gasteiger partial charge in [0.2, 0.25) is 5.88 Å². The third-order valence-electron chi connectivity index (χ3n) is 4.40. The van der Waals surface area contributed by atoms with Gasteiger partial charge in [-0.25, -0.2) is 9.18 Å². The van der Waals surface area contributed by atoms with Crippen LogP contribution in [0.2, 0.25) is 0 Å². The van der Waals surface area contributed by atoms with Crippen LogP contribution in [0.5, 0.6) is 5.88 Å². The lowest BCUT2D eigenvalue weighted by molar-refractivity contribution is -0.884. The molecule has 3 N–H and O–H groups in total. The van der Waals surface area contributed by atoms with E-state index in [2.05, 4.69) is 17.1 Å². The molecule has 9 heteroatoms. The third-order valence-corrected chi connectivity index (χ3v) is 4.40. The summed E-state index contributed by atoms with van der Waals surface area (Å²) in [5.74, 6) is -0.861. The second kappa shape index (κ2) is 7.52. The molecule has 2 heterocycles. The van der Waals surface area contributed by atoms with E-state index in [9.17, 15) is 19.1 Å². The summed E-state index contributed by atoms with van der Waals surface area (Å²) in [6.07, 6.45) is 1.27. The summed E-state index contributed by atoms with van der Waals surface area (Å²) < 4.78 is 14.0. The Morgan fingerprint density at radius 3 is 2.58 bits per heavy atom. The van der Waals surface area contributed by atoms with Crippen LogP contribution in [0.25, 0.3) is 0 Å². The smallest absolute Gasteiger partial charge is 0.331 e. The van der Waals surface area contributed by atoms with Crippen LogP contribution in [0.1, 0.15) is 11.1 Å². The topological polar surface area (TPSA) is 95.1 Å². The molecule has 3 rings (SSSR count). The van der Waals surface area contributed by atoms with Crippen LogP contribution in [0, 0.1) is 5.82 Å². The monoisotopic (exact) mass is 362 g/mol. The number of nitrogens with zero attached hydrogens (tertiary/aromatic N) is 3. The second-order valence-corrected chi connectivity index (χ2v) is 6.36. The highest BCUT2D eigenvalue weighted by molar-refractivity contribution is 5.81. The number of piperazine rings is 1. The lowest BCUT2D eigenvalue weighted by atomic mass is 10.2. The van der Waals surface area contributed by atoms with E-state index >= 15 is 0 Å². The highest BCUT2D eigenvalue weighted by Gasteiger charge is 2.16. The molecule has 26 heavy (non-hydrogen) atoms. The van der Waals surface area contributed by atoms with Crippen molar-refractivity contribution < 1.29 is 14.4 Å². The lowest BCUT2D eigenvalue weighted by Crippen LogP contribution is -3.11. The molecule has 0 atom stereocenters. The van der Waals surface area contributed by atoms with Crippen molar-refractivity contribution in [2.45, 2.75) is 6.54 Å². The SMILES string of the molecule is C[NH+]1CCN(/N=C/c2c(O)n(Cc3ccc(F)cc3)c(=O)[nH]c2=O)CC1. The molecular formula is C17H21FN5O3+. The fraction of sp³-hybridized carbons (Fsp3) is 0.353. The van der Waals surface area contributed by atoms with E-state index < -0.39 is 22.9 Å². The van der Waals surface area contributed by atoms with Gasteiger partial charge in [0.1, 0.15) is 11.4 Å². The molecule has 0 saturated carbocycles. The van der Waals surface area contributed by atoms with Gasteiger partial charge in [-0.15, -0.1) is 0 Å². The minimum absolute atomic E-state index is 0.000432. The molecule has 0 unspecified atom stereocenters. The van der Waals surface area contributed by atoms with Gasteiger partial charge in [0.25, 0.3) is 5.56 Å². The van der Waals surface area contributed by atoms with Gasteiger partial charge in [-0.05, 0) is 17.7 Å². The van der Waals surface area contributed by atoms with E-state index in [1.54, 1.807) is 0 Å². The minimum atomic E-state index is -0.739. The quantitative estimate of drug-likeness (QED) is 0.583. The maximum absolute atomic E-state index is 13.0. The Labute approximate surface area is 148 Å². The summed E-state index contributed by atoms with van der Waals surface area (Å²) in [4.78, 5) is 27.7. The van der Waals surface area contributed by atoms with Crippen molar-refractivity contribution in [3.8, 4) is 5.88 Å². The first-order valence-corrected chi connectivity index (χ1v) is 8.35. The molecule has 138 valence electrons. The number of halogens is 1. The number of nitrogens with one attached hydrogen (secondary N) is 2. The number of hydrogen-bond donors (Lipinski definition) is 3. The summed E-state index contributed by atoms with van der Waals surface area (Å²) in [6.45, 7) is 3.36. The Morgan fingerprint density at radius 1 is 1.27 bits per heavy atom. The third kappa shape index (κ3) is 3.99. The minimum Gasteiger partial charge on any atom is -0.494 e. The molecule has 0 bridgehead atoms. The zero-order valence-electron chi connectivity index (χ0n) is 14.4. The molecule has 1 aromatic heterocycles. The number of rotatable bonds is 4. The number of benzene rings is 1. The fourth-order valence-corrected chi connectivity index (χ4v) is 2.74. The lowest BCUT2D eigenvalue weighted by Gasteiger charge is -2.27. The first kappa shape index (κ1) is 17.9. The van der Waals surface area contributed by atoms with Crippen molar-refractivity contribution in [3.63, 3.8) is 0 Å². The predicted octanol–water partition coefficient (Wildman–Crippen LogP) is -1.41. The van der Waals surface area contributed by atoms with E-state index in [1.165, 1.54) is 35.4 Å². The van der Waals surface area contributed by atoms with Crippen molar-refractivity contribution in [1.29, 1.82) is 0 Å². The summed E-state index contributed by atoms with van der Waals surface area (Å²) in [5.41, 5.74) is -0.915. The average Bonchev–Trinajstić information content (AvgIpc) is 2.61. The molecule has 1 aromatic carbocycles. The number of H-pyrrole nitrogens is 1. The molecule has 0 spiro atoms.